The summed E-state index contributed by atoms with van der Waals surface area (Å²) in [4.78, 5) is 15.0. The van der Waals surface area contributed by atoms with Crippen molar-refractivity contribution in [2.24, 2.45) is 10.7 Å². The largest absolute Gasteiger partial charge is 0.493 e. The van der Waals surface area contributed by atoms with Gasteiger partial charge in [0.2, 0.25) is 0 Å². The molecular weight excluding hydrogens is 368 g/mol. The third kappa shape index (κ3) is 6.41. The normalized spacial score (nSPS) is 12.8. The zero-order chi connectivity index (χ0) is 20.5. The van der Waals surface area contributed by atoms with E-state index < -0.39 is 5.91 Å². The van der Waals surface area contributed by atoms with E-state index in [2.05, 4.69) is 33.8 Å². The number of carbonyl (C=O) groups excluding carboxylic acids is 1. The third-order valence-electron chi connectivity index (χ3n) is 4.69. The second-order valence-corrected chi connectivity index (χ2v) is 6.87. The van der Waals surface area contributed by atoms with Gasteiger partial charge >= 0.3 is 0 Å². The van der Waals surface area contributed by atoms with Crippen LogP contribution in [-0.2, 0) is 24.1 Å². The van der Waals surface area contributed by atoms with Gasteiger partial charge in [-0.3, -0.25) is 9.79 Å². The molecule has 0 saturated heterocycles. The van der Waals surface area contributed by atoms with Crippen molar-refractivity contribution >= 4 is 11.9 Å². The quantitative estimate of drug-likeness (QED) is 0.440. The number of aliphatic imine (C=N–C) groups is 1. The molecule has 1 aliphatic heterocycles. The number of primary amides is 1. The van der Waals surface area contributed by atoms with E-state index in [1.54, 1.807) is 7.05 Å². The SMILES string of the molecule is CN=C(NCCc1ccc(OCC(N)=O)cc1)NCCc1ccc2c(c1)CCO2. The van der Waals surface area contributed by atoms with Crippen molar-refractivity contribution in [1.82, 2.24) is 10.6 Å². The maximum atomic E-state index is 10.7. The summed E-state index contributed by atoms with van der Waals surface area (Å²) in [6.07, 6.45) is 2.78. The van der Waals surface area contributed by atoms with Crippen molar-refractivity contribution in [3.63, 3.8) is 0 Å². The lowest BCUT2D eigenvalue weighted by Gasteiger charge is -2.12. The molecule has 3 rings (SSSR count). The van der Waals surface area contributed by atoms with Crippen molar-refractivity contribution in [2.75, 3.05) is 33.4 Å². The third-order valence-corrected chi connectivity index (χ3v) is 4.69. The molecule has 0 aliphatic carbocycles. The average Bonchev–Trinajstić information content (AvgIpc) is 3.20. The number of nitrogens with two attached hydrogens (primary N) is 1. The summed E-state index contributed by atoms with van der Waals surface area (Å²) < 4.78 is 10.8. The predicted molar refractivity (Wildman–Crippen MR) is 114 cm³/mol. The van der Waals surface area contributed by atoms with E-state index in [0.29, 0.717) is 5.75 Å². The van der Waals surface area contributed by atoms with E-state index in [-0.39, 0.29) is 6.61 Å². The Labute approximate surface area is 171 Å². The summed E-state index contributed by atoms with van der Waals surface area (Å²) >= 11 is 0. The monoisotopic (exact) mass is 396 g/mol. The fourth-order valence-corrected chi connectivity index (χ4v) is 3.17. The summed E-state index contributed by atoms with van der Waals surface area (Å²) in [6, 6.07) is 14.1. The number of ether oxygens (including phenoxy) is 2. The van der Waals surface area contributed by atoms with E-state index >= 15 is 0 Å². The Balaban J connectivity index is 1.36. The van der Waals surface area contributed by atoms with Gasteiger partial charge < -0.3 is 25.8 Å². The van der Waals surface area contributed by atoms with Crippen LogP contribution in [0.5, 0.6) is 11.5 Å². The first-order valence-corrected chi connectivity index (χ1v) is 9.83. The Morgan fingerprint density at radius 1 is 1.10 bits per heavy atom. The Hall–Kier alpha value is -3.22. The van der Waals surface area contributed by atoms with Crippen LogP contribution >= 0.6 is 0 Å². The van der Waals surface area contributed by atoms with Gasteiger partial charge in [0, 0.05) is 26.6 Å². The van der Waals surface area contributed by atoms with Gasteiger partial charge in [-0.1, -0.05) is 24.3 Å². The average molecular weight is 396 g/mol. The van der Waals surface area contributed by atoms with Gasteiger partial charge in [-0.05, 0) is 47.7 Å². The van der Waals surface area contributed by atoms with Crippen molar-refractivity contribution in [3.05, 3.63) is 59.2 Å². The summed E-state index contributed by atoms with van der Waals surface area (Å²) in [5.41, 5.74) is 8.84. The van der Waals surface area contributed by atoms with Crippen molar-refractivity contribution in [3.8, 4) is 11.5 Å². The van der Waals surface area contributed by atoms with Gasteiger partial charge in [-0.25, -0.2) is 0 Å². The molecule has 0 fully saturated rings. The van der Waals surface area contributed by atoms with Crippen LogP contribution in [0.3, 0.4) is 0 Å². The molecule has 0 radical (unpaired) electrons. The Bertz CT molecular complexity index is 850. The number of benzene rings is 2. The number of amides is 1. The molecule has 4 N–H and O–H groups in total. The molecule has 1 heterocycles. The molecule has 0 spiro atoms. The summed E-state index contributed by atoms with van der Waals surface area (Å²) in [5.74, 6) is 1.96. The van der Waals surface area contributed by atoms with Crippen LogP contribution in [0.4, 0.5) is 0 Å². The van der Waals surface area contributed by atoms with Crippen LogP contribution < -0.4 is 25.8 Å². The number of nitrogens with zero attached hydrogens (tertiary/aromatic N) is 1. The first kappa shape index (κ1) is 20.5. The number of guanidine groups is 1. The second-order valence-electron chi connectivity index (χ2n) is 6.87. The van der Waals surface area contributed by atoms with E-state index in [1.165, 1.54) is 16.7 Å². The number of hydrogen-bond acceptors (Lipinski definition) is 4. The number of rotatable bonds is 9. The number of carbonyl (C=O) groups is 1. The lowest BCUT2D eigenvalue weighted by atomic mass is 10.1. The highest BCUT2D eigenvalue weighted by atomic mass is 16.5. The summed E-state index contributed by atoms with van der Waals surface area (Å²) in [6.45, 7) is 2.25. The molecule has 0 atom stereocenters. The van der Waals surface area contributed by atoms with Crippen LogP contribution in [0.15, 0.2) is 47.5 Å². The molecule has 2 aromatic carbocycles. The molecule has 1 amide bonds. The van der Waals surface area contributed by atoms with Gasteiger partial charge in [-0.2, -0.15) is 0 Å². The van der Waals surface area contributed by atoms with Crippen LogP contribution in [-0.4, -0.2) is 45.2 Å². The van der Waals surface area contributed by atoms with Crippen molar-refractivity contribution in [2.45, 2.75) is 19.3 Å². The molecule has 0 saturated carbocycles. The van der Waals surface area contributed by atoms with E-state index in [1.807, 2.05) is 24.3 Å². The molecule has 2 aromatic rings. The molecule has 0 unspecified atom stereocenters. The predicted octanol–water partition coefficient (Wildman–Crippen LogP) is 1.44. The Morgan fingerprint density at radius 3 is 2.48 bits per heavy atom. The zero-order valence-electron chi connectivity index (χ0n) is 16.7. The van der Waals surface area contributed by atoms with Gasteiger partial charge in [0.1, 0.15) is 11.5 Å². The van der Waals surface area contributed by atoms with E-state index in [0.717, 1.165) is 50.7 Å². The Kier molecular flexibility index (Phi) is 7.33. The van der Waals surface area contributed by atoms with Gasteiger partial charge in [0.05, 0.1) is 6.61 Å². The summed E-state index contributed by atoms with van der Waals surface area (Å²) in [5, 5.41) is 6.68. The van der Waals surface area contributed by atoms with Crippen LogP contribution in [0.2, 0.25) is 0 Å². The fraction of sp³-hybridized carbons (Fsp3) is 0.364. The highest BCUT2D eigenvalue weighted by Crippen LogP contribution is 2.25. The van der Waals surface area contributed by atoms with Crippen molar-refractivity contribution in [1.29, 1.82) is 0 Å². The second kappa shape index (κ2) is 10.4. The Morgan fingerprint density at radius 2 is 1.79 bits per heavy atom. The number of nitrogens with one attached hydrogen (secondary N) is 2. The van der Waals surface area contributed by atoms with Crippen LogP contribution in [0.25, 0.3) is 0 Å². The highest BCUT2D eigenvalue weighted by molar-refractivity contribution is 5.79. The van der Waals surface area contributed by atoms with Gasteiger partial charge in [0.15, 0.2) is 12.6 Å². The minimum absolute atomic E-state index is 0.109. The van der Waals surface area contributed by atoms with E-state index in [9.17, 15) is 4.79 Å². The topological polar surface area (TPSA) is 98.0 Å². The van der Waals surface area contributed by atoms with Crippen molar-refractivity contribution < 1.29 is 14.3 Å². The molecule has 154 valence electrons. The lowest BCUT2D eigenvalue weighted by molar-refractivity contribution is -0.119. The molecule has 7 nitrogen and oxygen atoms in total. The molecular formula is C22H28N4O3. The standard InChI is InChI=1S/C22H28N4O3/c1-24-22(26-12-9-17-4-7-20-18(14-17)10-13-28-20)25-11-8-16-2-5-19(6-3-16)29-15-21(23)27/h2-7,14H,8-13,15H2,1H3,(H2,23,27)(H2,24,25,26). The number of hydrogen-bond donors (Lipinski definition) is 3. The summed E-state index contributed by atoms with van der Waals surface area (Å²) in [7, 11) is 1.77. The molecule has 1 aliphatic rings. The first-order valence-electron chi connectivity index (χ1n) is 9.83. The fourth-order valence-electron chi connectivity index (χ4n) is 3.17. The minimum atomic E-state index is -0.484. The minimum Gasteiger partial charge on any atom is -0.493 e. The van der Waals surface area contributed by atoms with Crippen LogP contribution in [0, 0.1) is 0 Å². The van der Waals surface area contributed by atoms with Crippen LogP contribution in [0.1, 0.15) is 16.7 Å². The molecule has 0 aromatic heterocycles. The first-order chi connectivity index (χ1) is 14.1. The van der Waals surface area contributed by atoms with Gasteiger partial charge in [0.25, 0.3) is 5.91 Å². The maximum absolute atomic E-state index is 10.7. The lowest BCUT2D eigenvalue weighted by Crippen LogP contribution is -2.39. The zero-order valence-corrected chi connectivity index (χ0v) is 16.7. The molecule has 7 heteroatoms. The molecule has 0 bridgehead atoms. The van der Waals surface area contributed by atoms with Gasteiger partial charge in [-0.15, -0.1) is 0 Å². The number of fused-ring (bicyclic) bond motifs is 1. The smallest absolute Gasteiger partial charge is 0.255 e. The van der Waals surface area contributed by atoms with E-state index in [4.69, 9.17) is 15.2 Å². The highest BCUT2D eigenvalue weighted by Gasteiger charge is 2.11. The molecule has 29 heavy (non-hydrogen) atoms. The maximum Gasteiger partial charge on any atom is 0.255 e.